The zero-order valence-corrected chi connectivity index (χ0v) is 10.7. The lowest BCUT2D eigenvalue weighted by Gasteiger charge is -2.06. The van der Waals surface area contributed by atoms with Gasteiger partial charge in [0, 0.05) is 19.2 Å². The second-order valence-corrected chi connectivity index (χ2v) is 5.70. The fourth-order valence-electron chi connectivity index (χ4n) is 0.975. The van der Waals surface area contributed by atoms with Crippen LogP contribution in [-0.4, -0.2) is 44.0 Å². The fourth-order valence-corrected chi connectivity index (χ4v) is 1.83. The molecule has 1 aromatic rings. The maximum absolute atomic E-state index is 10.8. The number of aromatic nitrogens is 2. The van der Waals surface area contributed by atoms with E-state index in [4.69, 9.17) is 0 Å². The van der Waals surface area contributed by atoms with Crippen molar-refractivity contribution in [3.8, 4) is 0 Å². The minimum atomic E-state index is -3.12. The number of rotatable bonds is 6. The third-order valence-corrected chi connectivity index (χ3v) is 3.02. The average Bonchev–Trinajstić information content (AvgIpc) is 2.23. The van der Waals surface area contributed by atoms with Crippen LogP contribution < -0.4 is 10.0 Å². The molecule has 1 aromatic heterocycles. The lowest BCUT2D eigenvalue weighted by molar-refractivity contribution is 0.589. The average molecular weight is 262 g/mol. The van der Waals surface area contributed by atoms with Gasteiger partial charge >= 0.3 is 0 Å². The summed E-state index contributed by atoms with van der Waals surface area (Å²) in [5.41, 5.74) is 0. The predicted molar refractivity (Wildman–Crippen MR) is 65.1 cm³/mol. The third kappa shape index (κ3) is 5.29. The van der Waals surface area contributed by atoms with E-state index >= 15 is 0 Å². The van der Waals surface area contributed by atoms with Gasteiger partial charge in [0.1, 0.15) is 17.2 Å². The van der Waals surface area contributed by atoms with Crippen LogP contribution in [0.3, 0.4) is 0 Å². The summed E-state index contributed by atoms with van der Waals surface area (Å²) in [5, 5.41) is 3.87. The largest absolute Gasteiger partial charge is 0.369 e. The van der Waals surface area contributed by atoms with Gasteiger partial charge in [0.2, 0.25) is 10.0 Å². The summed E-state index contributed by atoms with van der Waals surface area (Å²) in [6, 6.07) is 1.81. The Morgan fingerprint density at radius 2 is 2.12 bits per heavy atom. The van der Waals surface area contributed by atoms with Gasteiger partial charge in [-0.3, -0.25) is 0 Å². The lowest BCUT2D eigenvalue weighted by Crippen LogP contribution is -2.27. The van der Waals surface area contributed by atoms with Gasteiger partial charge in [-0.1, -0.05) is 0 Å². The van der Waals surface area contributed by atoms with E-state index in [1.165, 1.54) is 18.1 Å². The smallest absolute Gasteiger partial charge is 0.208 e. The molecule has 0 atom stereocenters. The number of nitrogens with zero attached hydrogens (tertiary/aromatic N) is 2. The van der Waals surface area contributed by atoms with Crippen LogP contribution in [0.4, 0.5) is 5.82 Å². The van der Waals surface area contributed by atoms with Crippen LogP contribution in [0, 0.1) is 0 Å². The quantitative estimate of drug-likeness (QED) is 0.431. The number of nitrogens with one attached hydrogen (secondary N) is 2. The minimum absolute atomic E-state index is 0.331. The molecule has 0 aliphatic carbocycles. The molecule has 0 aliphatic rings. The van der Waals surface area contributed by atoms with Crippen LogP contribution in [0.2, 0.25) is 0 Å². The Balaban J connectivity index is 2.37. The molecule has 0 bridgehead atoms. The highest BCUT2D eigenvalue weighted by atomic mass is 32.2. The first-order valence-corrected chi connectivity index (χ1v) is 7.67. The number of sulfonamides is 1. The van der Waals surface area contributed by atoms with Crippen LogP contribution >= 0.6 is 11.8 Å². The predicted octanol–water partition coefficient (Wildman–Crippen LogP) is 0.160. The van der Waals surface area contributed by atoms with E-state index in [1.54, 1.807) is 0 Å². The minimum Gasteiger partial charge on any atom is -0.369 e. The van der Waals surface area contributed by atoms with E-state index in [1.807, 2.05) is 12.3 Å². The molecule has 90 valence electrons. The third-order valence-electron chi connectivity index (χ3n) is 1.65. The van der Waals surface area contributed by atoms with Crippen molar-refractivity contribution in [2.45, 2.75) is 5.03 Å². The van der Waals surface area contributed by atoms with Crippen molar-refractivity contribution < 1.29 is 8.42 Å². The molecule has 0 amide bonds. The molecule has 2 N–H and O–H groups in total. The van der Waals surface area contributed by atoms with E-state index < -0.39 is 10.0 Å². The molecule has 1 rings (SSSR count). The van der Waals surface area contributed by atoms with E-state index in [0.717, 1.165) is 11.3 Å². The maximum atomic E-state index is 10.8. The molecule has 0 aliphatic heterocycles. The second-order valence-electron chi connectivity index (χ2n) is 3.04. The van der Waals surface area contributed by atoms with Gasteiger partial charge in [0.05, 0.1) is 6.26 Å². The van der Waals surface area contributed by atoms with Crippen molar-refractivity contribution in [2.24, 2.45) is 0 Å². The topological polar surface area (TPSA) is 84.0 Å². The van der Waals surface area contributed by atoms with Gasteiger partial charge in [-0.15, -0.1) is 11.8 Å². The van der Waals surface area contributed by atoms with Crippen LogP contribution in [0.1, 0.15) is 0 Å². The SMILES string of the molecule is CSc1cc(NCCNS(C)(=O)=O)ncn1. The second kappa shape index (κ2) is 6.02. The van der Waals surface area contributed by atoms with E-state index in [9.17, 15) is 8.42 Å². The summed E-state index contributed by atoms with van der Waals surface area (Å²) in [7, 11) is -3.12. The molecule has 0 aromatic carbocycles. The normalized spacial score (nSPS) is 11.4. The first kappa shape index (κ1) is 13.2. The number of anilines is 1. The summed E-state index contributed by atoms with van der Waals surface area (Å²) in [5.74, 6) is 0.689. The van der Waals surface area contributed by atoms with Crippen molar-refractivity contribution in [2.75, 3.05) is 30.9 Å². The van der Waals surface area contributed by atoms with Gasteiger partial charge in [0.25, 0.3) is 0 Å². The Labute approximate surface area is 99.3 Å². The first-order chi connectivity index (χ1) is 7.51. The molecular formula is C8H14N4O2S2. The highest BCUT2D eigenvalue weighted by molar-refractivity contribution is 7.98. The highest BCUT2D eigenvalue weighted by Gasteiger charge is 2.00. The first-order valence-electron chi connectivity index (χ1n) is 4.56. The molecule has 0 spiro atoms. The van der Waals surface area contributed by atoms with Crippen LogP contribution in [0.5, 0.6) is 0 Å². The monoisotopic (exact) mass is 262 g/mol. The van der Waals surface area contributed by atoms with Gasteiger partial charge in [-0.2, -0.15) is 0 Å². The number of hydrogen-bond donors (Lipinski definition) is 2. The lowest BCUT2D eigenvalue weighted by atomic mass is 10.5. The Bertz CT molecular complexity index is 435. The summed E-state index contributed by atoms with van der Waals surface area (Å²) < 4.78 is 23.9. The summed E-state index contributed by atoms with van der Waals surface area (Å²) in [4.78, 5) is 8.03. The number of hydrogen-bond acceptors (Lipinski definition) is 6. The van der Waals surface area contributed by atoms with Crippen molar-refractivity contribution in [3.05, 3.63) is 12.4 Å². The molecule has 8 heteroatoms. The van der Waals surface area contributed by atoms with Crippen LogP contribution in [-0.2, 0) is 10.0 Å². The summed E-state index contributed by atoms with van der Waals surface area (Å²) in [6.45, 7) is 0.815. The standard InChI is InChI=1S/C8H14N4O2S2/c1-15-8-5-7(10-6-11-8)9-3-4-12-16(2,13)14/h5-6,12H,3-4H2,1-2H3,(H,9,10,11). The van der Waals surface area contributed by atoms with Gasteiger partial charge in [-0.25, -0.2) is 23.1 Å². The van der Waals surface area contributed by atoms with Crippen molar-refractivity contribution in [1.29, 1.82) is 0 Å². The van der Waals surface area contributed by atoms with E-state index in [2.05, 4.69) is 20.0 Å². The van der Waals surface area contributed by atoms with Crippen LogP contribution in [0.25, 0.3) is 0 Å². The van der Waals surface area contributed by atoms with Crippen molar-refractivity contribution >= 4 is 27.6 Å². The zero-order valence-electron chi connectivity index (χ0n) is 9.10. The zero-order chi connectivity index (χ0) is 12.0. The molecule has 0 saturated carbocycles. The highest BCUT2D eigenvalue weighted by Crippen LogP contribution is 2.12. The summed E-state index contributed by atoms with van der Waals surface area (Å²) >= 11 is 1.52. The van der Waals surface area contributed by atoms with E-state index in [-0.39, 0.29) is 0 Å². The Morgan fingerprint density at radius 3 is 2.75 bits per heavy atom. The van der Waals surface area contributed by atoms with Crippen LogP contribution in [0.15, 0.2) is 17.4 Å². The molecule has 0 radical (unpaired) electrons. The van der Waals surface area contributed by atoms with E-state index in [0.29, 0.717) is 18.9 Å². The number of thioether (sulfide) groups is 1. The van der Waals surface area contributed by atoms with Crippen molar-refractivity contribution in [1.82, 2.24) is 14.7 Å². The Kier molecular flexibility index (Phi) is 4.97. The fraction of sp³-hybridized carbons (Fsp3) is 0.500. The molecule has 16 heavy (non-hydrogen) atoms. The molecule has 0 saturated heterocycles. The molecule has 0 unspecified atom stereocenters. The molecule has 6 nitrogen and oxygen atoms in total. The van der Waals surface area contributed by atoms with Gasteiger partial charge in [0.15, 0.2) is 0 Å². The summed E-state index contributed by atoms with van der Waals surface area (Å²) in [6.07, 6.45) is 4.53. The van der Waals surface area contributed by atoms with Gasteiger partial charge < -0.3 is 5.32 Å². The van der Waals surface area contributed by atoms with Gasteiger partial charge in [-0.05, 0) is 6.26 Å². The molecule has 1 heterocycles. The van der Waals surface area contributed by atoms with Crippen molar-refractivity contribution in [3.63, 3.8) is 0 Å². The Hall–Kier alpha value is -0.860. The molecular weight excluding hydrogens is 248 g/mol. The maximum Gasteiger partial charge on any atom is 0.208 e. The molecule has 0 fully saturated rings. The Morgan fingerprint density at radius 1 is 1.38 bits per heavy atom.